The molecule has 1 aliphatic heterocycles. The van der Waals surface area contributed by atoms with Gasteiger partial charge in [0.2, 0.25) is 0 Å². The van der Waals surface area contributed by atoms with Gasteiger partial charge in [-0.25, -0.2) is 9.97 Å². The lowest BCUT2D eigenvalue weighted by molar-refractivity contribution is 0.469. The van der Waals surface area contributed by atoms with E-state index >= 15 is 0 Å². The lowest BCUT2D eigenvalue weighted by Crippen LogP contribution is -2.34. The standard InChI is InChI=1S/C15H16ClN3/c16-14-10-15(18-11-17-14)19-9-5-4-8-13(19)12-6-2-1-3-7-12/h1-3,6-7,10-11,13H,4-5,8-9H2. The highest BCUT2D eigenvalue weighted by atomic mass is 35.5. The molecule has 0 spiro atoms. The van der Waals surface area contributed by atoms with Crippen LogP contribution in [0.4, 0.5) is 5.82 Å². The van der Waals surface area contributed by atoms with E-state index in [1.54, 1.807) is 0 Å². The summed E-state index contributed by atoms with van der Waals surface area (Å²) >= 11 is 5.98. The fourth-order valence-electron chi connectivity index (χ4n) is 2.71. The Balaban J connectivity index is 1.93. The molecule has 0 N–H and O–H groups in total. The molecule has 1 aliphatic rings. The first-order chi connectivity index (χ1) is 9.34. The highest BCUT2D eigenvalue weighted by molar-refractivity contribution is 6.29. The molecule has 98 valence electrons. The maximum atomic E-state index is 5.98. The second kappa shape index (κ2) is 5.57. The Bertz CT molecular complexity index is 544. The molecule has 0 aliphatic carbocycles. The average molecular weight is 274 g/mol. The van der Waals surface area contributed by atoms with Crippen molar-refractivity contribution in [2.75, 3.05) is 11.4 Å². The maximum Gasteiger partial charge on any atom is 0.134 e. The lowest BCUT2D eigenvalue weighted by atomic mass is 9.95. The van der Waals surface area contributed by atoms with E-state index in [-0.39, 0.29) is 0 Å². The van der Waals surface area contributed by atoms with Crippen LogP contribution >= 0.6 is 11.6 Å². The number of piperidine rings is 1. The quantitative estimate of drug-likeness (QED) is 0.778. The van der Waals surface area contributed by atoms with Gasteiger partial charge in [-0.1, -0.05) is 41.9 Å². The molecular weight excluding hydrogens is 258 g/mol. The third-order valence-corrected chi connectivity index (χ3v) is 3.81. The molecule has 4 heteroatoms. The second-order valence-electron chi connectivity index (χ2n) is 4.81. The highest BCUT2D eigenvalue weighted by Crippen LogP contribution is 2.34. The molecule has 0 bridgehead atoms. The van der Waals surface area contributed by atoms with Crippen molar-refractivity contribution in [1.29, 1.82) is 0 Å². The number of benzene rings is 1. The third kappa shape index (κ3) is 2.71. The predicted molar refractivity (Wildman–Crippen MR) is 77.4 cm³/mol. The van der Waals surface area contributed by atoms with Gasteiger partial charge in [0.1, 0.15) is 17.3 Å². The molecule has 1 aromatic carbocycles. The van der Waals surface area contributed by atoms with Crippen LogP contribution in [0.1, 0.15) is 30.9 Å². The largest absolute Gasteiger partial charge is 0.349 e. The van der Waals surface area contributed by atoms with Crippen molar-refractivity contribution in [3.05, 3.63) is 53.4 Å². The molecule has 3 nitrogen and oxygen atoms in total. The molecule has 0 saturated carbocycles. The number of hydrogen-bond donors (Lipinski definition) is 0. The number of halogens is 1. The van der Waals surface area contributed by atoms with Gasteiger partial charge in [-0.15, -0.1) is 0 Å². The van der Waals surface area contributed by atoms with E-state index in [0.29, 0.717) is 11.2 Å². The highest BCUT2D eigenvalue weighted by Gasteiger charge is 2.25. The molecule has 1 unspecified atom stereocenters. The van der Waals surface area contributed by atoms with Crippen LogP contribution in [0.25, 0.3) is 0 Å². The van der Waals surface area contributed by atoms with Crippen LogP contribution in [0.15, 0.2) is 42.7 Å². The maximum absolute atomic E-state index is 5.98. The number of nitrogens with zero attached hydrogens (tertiary/aromatic N) is 3. The molecule has 19 heavy (non-hydrogen) atoms. The van der Waals surface area contributed by atoms with Crippen LogP contribution < -0.4 is 4.90 Å². The average Bonchev–Trinajstić information content (AvgIpc) is 2.48. The summed E-state index contributed by atoms with van der Waals surface area (Å²) in [6.45, 7) is 1.02. The third-order valence-electron chi connectivity index (χ3n) is 3.60. The first kappa shape index (κ1) is 12.4. The summed E-state index contributed by atoms with van der Waals surface area (Å²) < 4.78 is 0. The van der Waals surface area contributed by atoms with Gasteiger partial charge in [0, 0.05) is 12.6 Å². The van der Waals surface area contributed by atoms with Gasteiger partial charge in [0.25, 0.3) is 0 Å². The van der Waals surface area contributed by atoms with Crippen LogP contribution in [0, 0.1) is 0 Å². The van der Waals surface area contributed by atoms with Crippen molar-refractivity contribution in [3.8, 4) is 0 Å². The zero-order chi connectivity index (χ0) is 13.1. The number of anilines is 1. The smallest absolute Gasteiger partial charge is 0.134 e. The molecule has 3 rings (SSSR count). The SMILES string of the molecule is Clc1cc(N2CCCCC2c2ccccc2)ncn1. The Morgan fingerprint density at radius 2 is 1.95 bits per heavy atom. The van der Waals surface area contributed by atoms with Crippen molar-refractivity contribution in [1.82, 2.24) is 9.97 Å². The zero-order valence-electron chi connectivity index (χ0n) is 10.7. The van der Waals surface area contributed by atoms with Gasteiger partial charge in [-0.05, 0) is 24.8 Å². The Kier molecular flexibility index (Phi) is 3.65. The number of hydrogen-bond acceptors (Lipinski definition) is 3. The van der Waals surface area contributed by atoms with Crippen molar-refractivity contribution in [2.24, 2.45) is 0 Å². The first-order valence-corrected chi connectivity index (χ1v) is 7.01. The van der Waals surface area contributed by atoms with Crippen LogP contribution in [0.2, 0.25) is 5.15 Å². The van der Waals surface area contributed by atoms with Crippen LogP contribution in [-0.4, -0.2) is 16.5 Å². The van der Waals surface area contributed by atoms with E-state index in [9.17, 15) is 0 Å². The molecule has 0 amide bonds. The Labute approximate surface area is 118 Å². The first-order valence-electron chi connectivity index (χ1n) is 6.64. The molecule has 2 heterocycles. The van der Waals surface area contributed by atoms with Gasteiger partial charge in [-0.2, -0.15) is 0 Å². The molecule has 1 saturated heterocycles. The predicted octanol–water partition coefficient (Wildman–Crippen LogP) is 3.86. The fraction of sp³-hybridized carbons (Fsp3) is 0.333. The number of rotatable bonds is 2. The Hall–Kier alpha value is -1.61. The van der Waals surface area contributed by atoms with E-state index in [4.69, 9.17) is 11.6 Å². The van der Waals surface area contributed by atoms with Gasteiger partial charge in [-0.3, -0.25) is 0 Å². The molecular formula is C15H16ClN3. The van der Waals surface area contributed by atoms with Crippen LogP contribution in [-0.2, 0) is 0 Å². The molecule has 1 atom stereocenters. The number of aromatic nitrogens is 2. The van der Waals surface area contributed by atoms with Gasteiger partial charge >= 0.3 is 0 Å². The Morgan fingerprint density at radius 1 is 1.11 bits per heavy atom. The van der Waals surface area contributed by atoms with E-state index in [1.807, 2.05) is 6.07 Å². The minimum absolute atomic E-state index is 0.390. The summed E-state index contributed by atoms with van der Waals surface area (Å²) in [6.07, 6.45) is 5.15. The summed E-state index contributed by atoms with van der Waals surface area (Å²) in [5.41, 5.74) is 1.34. The summed E-state index contributed by atoms with van der Waals surface area (Å²) in [5.74, 6) is 0.925. The minimum Gasteiger partial charge on any atom is -0.349 e. The fourth-order valence-corrected chi connectivity index (χ4v) is 2.85. The van der Waals surface area contributed by atoms with Crippen molar-refractivity contribution in [2.45, 2.75) is 25.3 Å². The monoisotopic (exact) mass is 273 g/mol. The van der Waals surface area contributed by atoms with Gasteiger partial charge in [0.15, 0.2) is 0 Å². The summed E-state index contributed by atoms with van der Waals surface area (Å²) in [5, 5.41) is 0.502. The van der Waals surface area contributed by atoms with Gasteiger partial charge < -0.3 is 4.90 Å². The van der Waals surface area contributed by atoms with E-state index in [2.05, 4.69) is 45.2 Å². The molecule has 0 radical (unpaired) electrons. The molecule has 1 aromatic heterocycles. The summed E-state index contributed by atoms with van der Waals surface area (Å²) in [7, 11) is 0. The Morgan fingerprint density at radius 3 is 2.74 bits per heavy atom. The van der Waals surface area contributed by atoms with Crippen LogP contribution in [0.5, 0.6) is 0 Å². The van der Waals surface area contributed by atoms with Gasteiger partial charge in [0.05, 0.1) is 6.04 Å². The second-order valence-corrected chi connectivity index (χ2v) is 5.20. The van der Waals surface area contributed by atoms with E-state index in [0.717, 1.165) is 18.8 Å². The normalized spacial score (nSPS) is 19.4. The molecule has 1 fully saturated rings. The summed E-state index contributed by atoms with van der Waals surface area (Å²) in [6, 6.07) is 12.9. The van der Waals surface area contributed by atoms with Crippen molar-refractivity contribution < 1.29 is 0 Å². The van der Waals surface area contributed by atoms with E-state index in [1.165, 1.54) is 24.7 Å². The molecule has 2 aromatic rings. The van der Waals surface area contributed by atoms with Crippen molar-refractivity contribution in [3.63, 3.8) is 0 Å². The zero-order valence-corrected chi connectivity index (χ0v) is 11.4. The summed E-state index contributed by atoms with van der Waals surface area (Å²) in [4.78, 5) is 10.7. The minimum atomic E-state index is 0.390. The van der Waals surface area contributed by atoms with Crippen molar-refractivity contribution >= 4 is 17.4 Å². The lowest BCUT2D eigenvalue weighted by Gasteiger charge is -2.37. The van der Waals surface area contributed by atoms with E-state index < -0.39 is 0 Å². The topological polar surface area (TPSA) is 29.0 Å². The van der Waals surface area contributed by atoms with Crippen LogP contribution in [0.3, 0.4) is 0 Å².